The van der Waals surface area contributed by atoms with Crippen LogP contribution in [0.2, 0.25) is 0 Å². The summed E-state index contributed by atoms with van der Waals surface area (Å²) in [4.78, 5) is 15.7. The molecule has 6 heteroatoms. The number of halogens is 1. The lowest BCUT2D eigenvalue weighted by molar-refractivity contribution is 0.208. The predicted octanol–water partition coefficient (Wildman–Crippen LogP) is 6.36. The smallest absolute Gasteiger partial charge is 0.137 e. The molecule has 3 aromatic rings. The minimum atomic E-state index is 0.257. The number of ether oxygens (including phenoxy) is 1. The van der Waals surface area contributed by atoms with Crippen molar-refractivity contribution in [3.63, 3.8) is 0 Å². The molecule has 0 saturated heterocycles. The summed E-state index contributed by atoms with van der Waals surface area (Å²) in [6.07, 6.45) is 5.58. The van der Waals surface area contributed by atoms with Crippen LogP contribution in [-0.2, 0) is 11.3 Å². The Morgan fingerprint density at radius 1 is 1.03 bits per heavy atom. The second-order valence-corrected chi connectivity index (χ2v) is 8.73. The molecule has 0 amide bonds. The maximum absolute atomic E-state index is 6.63. The first-order valence-electron chi connectivity index (χ1n) is 10.7. The number of anilines is 1. The monoisotopic (exact) mass is 446 g/mol. The Kier molecular flexibility index (Phi) is 6.56. The van der Waals surface area contributed by atoms with Crippen molar-refractivity contribution in [2.75, 3.05) is 11.4 Å². The molecule has 0 spiro atoms. The molecule has 164 valence electrons. The van der Waals surface area contributed by atoms with Crippen molar-refractivity contribution in [3.05, 3.63) is 94.4 Å². The van der Waals surface area contributed by atoms with Gasteiger partial charge in [0.1, 0.15) is 18.2 Å². The van der Waals surface area contributed by atoms with Crippen molar-refractivity contribution in [2.45, 2.75) is 40.2 Å². The van der Waals surface area contributed by atoms with Crippen LogP contribution < -0.4 is 4.90 Å². The van der Waals surface area contributed by atoms with Gasteiger partial charge in [-0.3, -0.25) is 4.98 Å². The molecule has 2 aromatic heterocycles. The van der Waals surface area contributed by atoms with Gasteiger partial charge in [0.25, 0.3) is 0 Å². The molecule has 0 radical (unpaired) electrons. The number of allylic oxidation sites excluding steroid dienone is 2. The van der Waals surface area contributed by atoms with E-state index in [2.05, 4.69) is 65.7 Å². The quantitative estimate of drug-likeness (QED) is 0.440. The number of hydrogen-bond donors (Lipinski definition) is 0. The minimum absolute atomic E-state index is 0.257. The number of nitrogens with zero attached hydrogens (tertiary/aromatic N) is 4. The van der Waals surface area contributed by atoms with Crippen molar-refractivity contribution in [1.29, 1.82) is 0 Å². The fourth-order valence-corrected chi connectivity index (χ4v) is 3.82. The van der Waals surface area contributed by atoms with E-state index in [4.69, 9.17) is 16.3 Å². The third-order valence-electron chi connectivity index (χ3n) is 5.32. The van der Waals surface area contributed by atoms with Gasteiger partial charge >= 0.3 is 0 Å². The molecule has 32 heavy (non-hydrogen) atoms. The highest BCUT2D eigenvalue weighted by atomic mass is 35.5. The molecule has 1 aliphatic heterocycles. The summed E-state index contributed by atoms with van der Waals surface area (Å²) in [5.74, 6) is 1.78. The van der Waals surface area contributed by atoms with Crippen LogP contribution in [0.15, 0.2) is 77.4 Å². The largest absolute Gasteiger partial charge is 0.488 e. The number of rotatable bonds is 6. The van der Waals surface area contributed by atoms with Crippen LogP contribution in [-0.4, -0.2) is 21.5 Å². The molecule has 1 aromatic carbocycles. The van der Waals surface area contributed by atoms with Crippen LogP contribution in [0, 0.1) is 6.92 Å². The zero-order valence-electron chi connectivity index (χ0n) is 18.8. The van der Waals surface area contributed by atoms with E-state index < -0.39 is 0 Å². The van der Waals surface area contributed by atoms with E-state index in [0.717, 1.165) is 34.2 Å². The first kappa shape index (κ1) is 22.0. The fraction of sp³-hybridized carbons (Fsp3) is 0.269. The van der Waals surface area contributed by atoms with Crippen LogP contribution in [0.3, 0.4) is 0 Å². The average molecular weight is 447 g/mol. The molecule has 4 rings (SSSR count). The van der Waals surface area contributed by atoms with Crippen LogP contribution >= 0.6 is 11.6 Å². The van der Waals surface area contributed by atoms with Crippen molar-refractivity contribution < 1.29 is 4.74 Å². The van der Waals surface area contributed by atoms with Crippen molar-refractivity contribution >= 4 is 17.3 Å². The van der Waals surface area contributed by atoms with E-state index in [9.17, 15) is 0 Å². The minimum Gasteiger partial charge on any atom is -0.488 e. The Morgan fingerprint density at radius 3 is 2.62 bits per heavy atom. The van der Waals surface area contributed by atoms with Crippen LogP contribution in [0.1, 0.15) is 43.6 Å². The summed E-state index contributed by atoms with van der Waals surface area (Å²) in [6, 6.07) is 14.2. The highest BCUT2D eigenvalue weighted by Crippen LogP contribution is 2.31. The van der Waals surface area contributed by atoms with Crippen LogP contribution in [0.25, 0.3) is 11.4 Å². The molecular weight excluding hydrogens is 420 g/mol. The van der Waals surface area contributed by atoms with Crippen molar-refractivity contribution in [1.82, 2.24) is 15.0 Å². The van der Waals surface area contributed by atoms with E-state index in [1.165, 1.54) is 5.56 Å². The van der Waals surface area contributed by atoms with Gasteiger partial charge < -0.3 is 9.64 Å². The van der Waals surface area contributed by atoms with E-state index in [0.29, 0.717) is 23.9 Å². The number of aryl methyl sites for hydroxylation is 1. The molecule has 0 saturated carbocycles. The molecule has 0 aliphatic carbocycles. The maximum atomic E-state index is 6.63. The summed E-state index contributed by atoms with van der Waals surface area (Å²) >= 11 is 6.63. The second-order valence-electron chi connectivity index (χ2n) is 8.27. The molecule has 0 N–H and O–H groups in total. The zero-order chi connectivity index (χ0) is 22.7. The normalized spacial score (nSPS) is 14.1. The van der Waals surface area contributed by atoms with Crippen LogP contribution in [0.5, 0.6) is 0 Å². The highest BCUT2D eigenvalue weighted by molar-refractivity contribution is 6.30. The Hall–Kier alpha value is -3.18. The van der Waals surface area contributed by atoms with Gasteiger partial charge in [-0.15, -0.1) is 0 Å². The number of aromatic nitrogens is 3. The summed E-state index contributed by atoms with van der Waals surface area (Å²) < 4.78 is 6.03. The van der Waals surface area contributed by atoms with Gasteiger partial charge in [-0.25, -0.2) is 9.97 Å². The zero-order valence-corrected chi connectivity index (χ0v) is 19.6. The molecule has 0 unspecified atom stereocenters. The SMILES string of the molecule is CC1=CC(OCc2cccc(C)c2)=C(Cl)CN1c1ccnc(-c2ccnc(C(C)C)n2)c1. The first-order chi connectivity index (χ1) is 15.4. The Balaban J connectivity index is 1.53. The number of benzene rings is 1. The summed E-state index contributed by atoms with van der Waals surface area (Å²) in [5, 5.41) is 0.672. The Bertz CT molecular complexity index is 1190. The summed E-state index contributed by atoms with van der Waals surface area (Å²) in [7, 11) is 0. The second kappa shape index (κ2) is 9.53. The lowest BCUT2D eigenvalue weighted by Crippen LogP contribution is -2.26. The van der Waals surface area contributed by atoms with Crippen molar-refractivity contribution in [2.24, 2.45) is 0 Å². The van der Waals surface area contributed by atoms with Gasteiger partial charge in [-0.2, -0.15) is 0 Å². The standard InChI is InChI=1S/C26H27ClN4O/c1-17(2)26-29-11-9-23(30-26)24-14-21(8-10-28-24)31-15-22(27)25(13-19(31)4)32-16-20-7-5-6-18(3)12-20/h5-14,17H,15-16H2,1-4H3. The molecule has 0 fully saturated rings. The maximum Gasteiger partial charge on any atom is 0.137 e. The van der Waals surface area contributed by atoms with Gasteiger partial charge in [-0.05, 0) is 37.6 Å². The molecule has 1 aliphatic rings. The summed E-state index contributed by atoms with van der Waals surface area (Å²) in [6.45, 7) is 9.32. The molecule has 0 bridgehead atoms. The van der Waals surface area contributed by atoms with Crippen molar-refractivity contribution in [3.8, 4) is 11.4 Å². The lowest BCUT2D eigenvalue weighted by atomic mass is 10.1. The summed E-state index contributed by atoms with van der Waals surface area (Å²) in [5.41, 5.74) is 6.01. The average Bonchev–Trinajstić information content (AvgIpc) is 2.79. The van der Waals surface area contributed by atoms with Gasteiger partial charge in [0.15, 0.2) is 0 Å². The topological polar surface area (TPSA) is 51.1 Å². The van der Waals surface area contributed by atoms with Gasteiger partial charge in [0.2, 0.25) is 0 Å². The number of pyridine rings is 1. The first-order valence-corrected chi connectivity index (χ1v) is 11.1. The Labute approximate surface area is 194 Å². The van der Waals surface area contributed by atoms with Gasteiger partial charge in [0.05, 0.1) is 23.0 Å². The van der Waals surface area contributed by atoms with Crippen LogP contribution in [0.4, 0.5) is 5.69 Å². The molecular formula is C26H27ClN4O. The predicted molar refractivity (Wildman–Crippen MR) is 129 cm³/mol. The third-order valence-corrected chi connectivity index (χ3v) is 5.62. The third kappa shape index (κ3) is 5.00. The number of hydrogen-bond acceptors (Lipinski definition) is 5. The molecule has 5 nitrogen and oxygen atoms in total. The highest BCUT2D eigenvalue weighted by Gasteiger charge is 2.20. The van der Waals surface area contributed by atoms with E-state index in [1.54, 1.807) is 12.4 Å². The van der Waals surface area contributed by atoms with E-state index >= 15 is 0 Å². The van der Waals surface area contributed by atoms with E-state index in [1.807, 2.05) is 30.3 Å². The van der Waals surface area contributed by atoms with E-state index in [-0.39, 0.29) is 5.92 Å². The fourth-order valence-electron chi connectivity index (χ4n) is 3.59. The molecule has 0 atom stereocenters. The molecule has 3 heterocycles. The van der Waals surface area contributed by atoms with Gasteiger partial charge in [-0.1, -0.05) is 55.3 Å². The lowest BCUT2D eigenvalue weighted by Gasteiger charge is -2.30. The van der Waals surface area contributed by atoms with Gasteiger partial charge in [0, 0.05) is 35.8 Å². The Morgan fingerprint density at radius 2 is 1.84 bits per heavy atom.